The van der Waals surface area contributed by atoms with Crippen LogP contribution in [0.25, 0.3) is 0 Å². The third kappa shape index (κ3) is 6.63. The van der Waals surface area contributed by atoms with Crippen molar-refractivity contribution >= 4 is 27.3 Å². The molecule has 6 heteroatoms. The molecule has 0 amide bonds. The van der Waals surface area contributed by atoms with Crippen molar-refractivity contribution in [1.82, 2.24) is 0 Å². The summed E-state index contributed by atoms with van der Waals surface area (Å²) in [5.41, 5.74) is 0. The first-order chi connectivity index (χ1) is 12.6. The van der Waals surface area contributed by atoms with Crippen LogP contribution in [-0.2, 0) is 20.6 Å². The van der Waals surface area contributed by atoms with E-state index in [-0.39, 0.29) is 24.8 Å². The molecule has 0 saturated heterocycles. The average Bonchev–Trinajstić information content (AvgIpc) is 3.25. The molecule has 3 rings (SSSR count). The van der Waals surface area contributed by atoms with Crippen molar-refractivity contribution in [2.24, 2.45) is 0 Å². The molecule has 0 aliphatic heterocycles. The SMILES string of the molecule is C[SiH](c1ccccc1)[Hf+2]([C]1=CC([Si](C)(C)C)=CC1)[C]1=CC([Si](C)(C)C)=CC1.[Cl-].[Cl-]. The van der Waals surface area contributed by atoms with Gasteiger partial charge in [0.25, 0.3) is 0 Å². The van der Waals surface area contributed by atoms with Crippen molar-refractivity contribution in [3.8, 4) is 0 Å². The van der Waals surface area contributed by atoms with Gasteiger partial charge in [0.2, 0.25) is 0 Å². The van der Waals surface area contributed by atoms with Gasteiger partial charge in [-0.1, -0.05) is 0 Å². The van der Waals surface area contributed by atoms with Crippen LogP contribution in [0.4, 0.5) is 0 Å². The van der Waals surface area contributed by atoms with Crippen molar-refractivity contribution < 1.29 is 45.4 Å². The number of benzene rings is 1. The van der Waals surface area contributed by atoms with E-state index in [0.29, 0.717) is 0 Å². The third-order valence-corrected chi connectivity index (χ3v) is 38.8. The molecule has 0 bridgehead atoms. The van der Waals surface area contributed by atoms with E-state index in [1.54, 1.807) is 15.6 Å². The molecule has 1 unspecified atom stereocenters. The van der Waals surface area contributed by atoms with Gasteiger partial charge in [0.05, 0.1) is 0 Å². The first-order valence-electron chi connectivity index (χ1n) is 10.3. The fraction of sp³-hybridized carbons (Fsp3) is 0.391. The van der Waals surface area contributed by atoms with Gasteiger partial charge in [-0.25, -0.2) is 0 Å². The number of rotatable bonds is 6. The van der Waals surface area contributed by atoms with Crippen molar-refractivity contribution in [3.05, 3.63) is 71.7 Å². The summed E-state index contributed by atoms with van der Waals surface area (Å²) in [5, 5.41) is 5.13. The molecule has 0 nitrogen and oxygen atoms in total. The molecule has 0 heterocycles. The van der Waals surface area contributed by atoms with Crippen LogP contribution in [0.3, 0.4) is 0 Å². The zero-order valence-corrected chi connectivity index (χ0v) is 27.2. The van der Waals surface area contributed by atoms with Crippen LogP contribution in [0.2, 0.25) is 45.8 Å². The Labute approximate surface area is 201 Å². The van der Waals surface area contributed by atoms with Crippen LogP contribution in [-0.4, -0.2) is 22.1 Å². The average molecular weight is 645 g/mol. The number of allylic oxidation sites excluding steroid dienone is 8. The van der Waals surface area contributed by atoms with Gasteiger partial charge >= 0.3 is 178 Å². The maximum Gasteiger partial charge on any atom is -1.00 e. The van der Waals surface area contributed by atoms with E-state index in [2.05, 4.69) is 100 Å². The van der Waals surface area contributed by atoms with E-state index < -0.39 is 42.7 Å². The Balaban J connectivity index is 0.00000210. The first-order valence-corrected chi connectivity index (χ1v) is 29.4. The monoisotopic (exact) mass is 645 g/mol. The summed E-state index contributed by atoms with van der Waals surface area (Å²) in [7, 11) is -2.40. The normalized spacial score (nSPS) is 17.3. The summed E-state index contributed by atoms with van der Waals surface area (Å²) in [5.74, 6) is -0.904. The van der Waals surface area contributed by atoms with Crippen LogP contribution in [0.15, 0.2) is 71.7 Å². The van der Waals surface area contributed by atoms with Gasteiger partial charge in [-0.2, -0.15) is 0 Å². The number of halogens is 2. The van der Waals surface area contributed by atoms with Gasteiger partial charge in [-0.15, -0.1) is 0 Å². The standard InChI is InChI=1S/2C8H13Si.C7H9Si.2ClH.Hf/c2*1-9(2,3)8-6-4-5-7-8;1-8-7-5-3-2-4-6-7;;;/h2*6-7H,4H2,1-3H3;2-6,8H,1H3;2*1H;/q;;;;;+2/p-2. The smallest absolute Gasteiger partial charge is 1.00 e. The largest absolute Gasteiger partial charge is 1.00 e. The number of hydrogen-bond donors (Lipinski definition) is 0. The van der Waals surface area contributed by atoms with Crippen LogP contribution in [0, 0.1) is 0 Å². The zero-order valence-electron chi connectivity index (χ0n) is 18.9. The first kappa shape index (κ1) is 27.3. The van der Waals surface area contributed by atoms with E-state index in [4.69, 9.17) is 0 Å². The van der Waals surface area contributed by atoms with Gasteiger partial charge in [0, 0.05) is 0 Å². The Hall–Kier alpha value is 0.281. The van der Waals surface area contributed by atoms with Crippen LogP contribution in [0.5, 0.6) is 0 Å². The Kier molecular flexibility index (Phi) is 10.1. The molecule has 0 saturated carbocycles. The minimum atomic E-state index is -2.01. The molecule has 0 aromatic heterocycles. The summed E-state index contributed by atoms with van der Waals surface area (Å²) in [6.07, 6.45) is 13.1. The second kappa shape index (κ2) is 10.7. The van der Waals surface area contributed by atoms with Crippen LogP contribution >= 0.6 is 0 Å². The molecule has 157 valence electrons. The van der Waals surface area contributed by atoms with Gasteiger partial charge in [-0.05, 0) is 0 Å². The molecule has 29 heavy (non-hydrogen) atoms. The molecule has 2 aliphatic rings. The fourth-order valence-electron chi connectivity index (χ4n) is 4.14. The minimum Gasteiger partial charge on any atom is -1.00 e. The summed E-state index contributed by atoms with van der Waals surface area (Å²) in [6.45, 7) is 17.7. The molecule has 1 aromatic carbocycles. The molecule has 0 radical (unpaired) electrons. The predicted molar refractivity (Wildman–Crippen MR) is 127 cm³/mol. The number of hydrogen-bond acceptors (Lipinski definition) is 0. The second-order valence-electron chi connectivity index (χ2n) is 10.1. The molecule has 0 N–H and O–H groups in total. The van der Waals surface area contributed by atoms with Crippen molar-refractivity contribution in [2.45, 2.75) is 58.7 Å². The van der Waals surface area contributed by atoms with Gasteiger partial charge in [0.1, 0.15) is 0 Å². The van der Waals surface area contributed by atoms with E-state index in [1.165, 1.54) is 12.8 Å². The molecular formula is C23H35Cl2HfSi3. The maximum atomic E-state index is 2.70. The zero-order chi connectivity index (χ0) is 19.8. The Morgan fingerprint density at radius 1 is 0.724 bits per heavy atom. The van der Waals surface area contributed by atoms with E-state index >= 15 is 0 Å². The van der Waals surface area contributed by atoms with Crippen molar-refractivity contribution in [3.63, 3.8) is 0 Å². The Bertz CT molecular complexity index is 780. The van der Waals surface area contributed by atoms with Gasteiger partial charge in [-0.3, -0.25) is 0 Å². The second-order valence-corrected chi connectivity index (χ2v) is 44.0. The quantitative estimate of drug-likeness (QED) is 0.385. The van der Waals surface area contributed by atoms with E-state index in [1.807, 2.05) is 6.66 Å². The molecule has 2 aliphatic carbocycles. The molecule has 1 atom stereocenters. The summed E-state index contributed by atoms with van der Waals surface area (Å²) >= 11 is -2.01. The topological polar surface area (TPSA) is 0 Å². The molecular weight excluding hydrogens is 610 g/mol. The summed E-state index contributed by atoms with van der Waals surface area (Å²) in [6, 6.07) is 11.5. The predicted octanol–water partition coefficient (Wildman–Crippen LogP) is 0.0562. The Morgan fingerprint density at radius 2 is 1.14 bits per heavy atom. The fourth-order valence-corrected chi connectivity index (χ4v) is 37.0. The van der Waals surface area contributed by atoms with Crippen LogP contribution in [0.1, 0.15) is 12.8 Å². The van der Waals surface area contributed by atoms with Crippen molar-refractivity contribution in [1.29, 1.82) is 0 Å². The summed E-state index contributed by atoms with van der Waals surface area (Å²) in [4.78, 5) is 0. The Morgan fingerprint density at radius 3 is 1.48 bits per heavy atom. The maximum absolute atomic E-state index is 2.70. The van der Waals surface area contributed by atoms with Crippen molar-refractivity contribution in [2.75, 3.05) is 0 Å². The van der Waals surface area contributed by atoms with Crippen LogP contribution < -0.4 is 30.0 Å². The summed E-state index contributed by atoms with van der Waals surface area (Å²) < 4.78 is 3.83. The minimum absolute atomic E-state index is 0. The third-order valence-electron chi connectivity index (χ3n) is 5.90. The van der Waals surface area contributed by atoms with Gasteiger partial charge < -0.3 is 24.8 Å². The van der Waals surface area contributed by atoms with E-state index in [0.717, 1.165) is 0 Å². The molecule has 0 spiro atoms. The molecule has 0 fully saturated rings. The molecule has 1 aromatic rings. The van der Waals surface area contributed by atoms with E-state index in [9.17, 15) is 0 Å². The van der Waals surface area contributed by atoms with Gasteiger partial charge in [0.15, 0.2) is 0 Å².